The number of hydrogen-bond donors (Lipinski definition) is 1. The van der Waals surface area contributed by atoms with Gasteiger partial charge in [-0.2, -0.15) is 0 Å². The molecule has 0 unspecified atom stereocenters. The zero-order chi connectivity index (χ0) is 14.6. The summed E-state index contributed by atoms with van der Waals surface area (Å²) in [5.41, 5.74) is 1.46. The smallest absolute Gasteiger partial charge is 0.306 e. The van der Waals surface area contributed by atoms with Crippen molar-refractivity contribution < 1.29 is 9.53 Å². The highest BCUT2D eigenvalue weighted by molar-refractivity contribution is 9.10. The van der Waals surface area contributed by atoms with Crippen LogP contribution in [0.1, 0.15) is 24.8 Å². The molecule has 0 heterocycles. The molecule has 1 aromatic rings. The number of carbonyl (C=O) groups excluding carboxylic acids is 1. The molecule has 0 radical (unpaired) electrons. The minimum absolute atomic E-state index is 0.0900. The fourth-order valence-electron chi connectivity index (χ4n) is 2.16. The average Bonchev–Trinajstić information content (AvgIpc) is 3.19. The fraction of sp³-hybridized carbons (Fsp3) is 0.533. The quantitative estimate of drug-likeness (QED) is 0.597. The van der Waals surface area contributed by atoms with Gasteiger partial charge in [-0.1, -0.05) is 22.0 Å². The average molecular weight is 358 g/mol. The van der Waals surface area contributed by atoms with Crippen LogP contribution in [-0.2, 0) is 16.1 Å². The molecule has 0 saturated heterocycles. The molecule has 0 bridgehead atoms. The molecule has 1 saturated carbocycles. The van der Waals surface area contributed by atoms with Crippen LogP contribution in [0.5, 0.6) is 0 Å². The van der Waals surface area contributed by atoms with E-state index < -0.39 is 0 Å². The van der Waals surface area contributed by atoms with Crippen molar-refractivity contribution in [2.24, 2.45) is 5.41 Å². The maximum Gasteiger partial charge on any atom is 0.306 e. The highest BCUT2D eigenvalue weighted by Gasteiger charge is 2.44. The van der Waals surface area contributed by atoms with Gasteiger partial charge in [-0.15, -0.1) is 11.8 Å². The predicted octanol–water partition coefficient (Wildman–Crippen LogP) is 3.60. The minimum Gasteiger partial charge on any atom is -0.469 e. The van der Waals surface area contributed by atoms with Gasteiger partial charge >= 0.3 is 5.97 Å². The van der Waals surface area contributed by atoms with Gasteiger partial charge in [0.05, 0.1) is 13.5 Å². The second kappa shape index (κ2) is 6.96. The summed E-state index contributed by atoms with van der Waals surface area (Å²) in [4.78, 5) is 12.7. The number of ether oxygens (including phenoxy) is 1. The molecule has 1 aromatic carbocycles. The molecule has 20 heavy (non-hydrogen) atoms. The molecule has 0 aromatic heterocycles. The first-order valence-electron chi connectivity index (χ1n) is 6.71. The van der Waals surface area contributed by atoms with E-state index in [1.54, 1.807) is 0 Å². The standard InChI is InChI=1S/C15H20BrNO2S/c1-17-9-11-3-4-12(16)7-13(11)20-10-15(5-6-15)8-14(18)19-2/h3-4,7,17H,5-6,8-10H2,1-2H3. The van der Waals surface area contributed by atoms with Crippen LogP contribution in [0, 0.1) is 5.41 Å². The van der Waals surface area contributed by atoms with Crippen molar-refractivity contribution in [1.29, 1.82) is 0 Å². The highest BCUT2D eigenvalue weighted by atomic mass is 79.9. The molecule has 1 fully saturated rings. The second-order valence-corrected chi connectivity index (χ2v) is 7.26. The monoisotopic (exact) mass is 357 g/mol. The molecule has 0 aliphatic heterocycles. The summed E-state index contributed by atoms with van der Waals surface area (Å²) in [5.74, 6) is 0.891. The normalized spacial score (nSPS) is 15.9. The summed E-state index contributed by atoms with van der Waals surface area (Å²) in [7, 11) is 3.42. The molecule has 1 N–H and O–H groups in total. The first kappa shape index (κ1) is 15.9. The Hall–Kier alpha value is -0.520. The lowest BCUT2D eigenvalue weighted by atomic mass is 10.1. The number of rotatable bonds is 7. The number of nitrogens with one attached hydrogen (secondary N) is 1. The molecule has 1 aliphatic rings. The van der Waals surface area contributed by atoms with Crippen LogP contribution in [0.4, 0.5) is 0 Å². The summed E-state index contributed by atoms with van der Waals surface area (Å²) in [6.07, 6.45) is 2.81. The van der Waals surface area contributed by atoms with Gasteiger partial charge in [-0.3, -0.25) is 4.79 Å². The zero-order valence-electron chi connectivity index (χ0n) is 11.9. The molecule has 2 rings (SSSR count). The predicted molar refractivity (Wildman–Crippen MR) is 85.9 cm³/mol. The third-order valence-corrected chi connectivity index (χ3v) is 5.58. The van der Waals surface area contributed by atoms with Gasteiger partial charge < -0.3 is 10.1 Å². The lowest BCUT2D eigenvalue weighted by Gasteiger charge is -2.15. The number of methoxy groups -OCH3 is 1. The Morgan fingerprint density at radius 1 is 1.50 bits per heavy atom. The molecule has 1 aliphatic carbocycles. The van der Waals surface area contributed by atoms with Crippen molar-refractivity contribution in [3.63, 3.8) is 0 Å². The molecular formula is C15H20BrNO2S. The van der Waals surface area contributed by atoms with Crippen molar-refractivity contribution in [3.8, 4) is 0 Å². The van der Waals surface area contributed by atoms with E-state index in [-0.39, 0.29) is 11.4 Å². The van der Waals surface area contributed by atoms with Crippen LogP contribution in [0.15, 0.2) is 27.6 Å². The van der Waals surface area contributed by atoms with Crippen LogP contribution in [0.2, 0.25) is 0 Å². The Morgan fingerprint density at radius 2 is 2.25 bits per heavy atom. The van der Waals surface area contributed by atoms with Crippen molar-refractivity contribution >= 4 is 33.7 Å². The number of hydrogen-bond acceptors (Lipinski definition) is 4. The maximum absolute atomic E-state index is 11.5. The van der Waals surface area contributed by atoms with E-state index in [9.17, 15) is 4.79 Å². The summed E-state index contributed by atoms with van der Waals surface area (Å²) in [5, 5.41) is 3.20. The Morgan fingerprint density at radius 3 is 2.85 bits per heavy atom. The van der Waals surface area contributed by atoms with Gasteiger partial charge in [0.1, 0.15) is 0 Å². The third-order valence-electron chi connectivity index (χ3n) is 3.63. The van der Waals surface area contributed by atoms with Gasteiger partial charge in [0.25, 0.3) is 0 Å². The second-order valence-electron chi connectivity index (χ2n) is 5.32. The van der Waals surface area contributed by atoms with E-state index in [0.29, 0.717) is 6.42 Å². The van der Waals surface area contributed by atoms with Crippen molar-refractivity contribution in [3.05, 3.63) is 28.2 Å². The molecule has 3 nitrogen and oxygen atoms in total. The lowest BCUT2D eigenvalue weighted by molar-refractivity contribution is -0.141. The number of benzene rings is 1. The van der Waals surface area contributed by atoms with Gasteiger partial charge in [-0.05, 0) is 43.0 Å². The lowest BCUT2D eigenvalue weighted by Crippen LogP contribution is -2.13. The van der Waals surface area contributed by atoms with Crippen LogP contribution in [0.25, 0.3) is 0 Å². The molecule has 110 valence electrons. The van der Waals surface area contributed by atoms with Gasteiger partial charge in [0.2, 0.25) is 0 Å². The first-order chi connectivity index (χ1) is 9.58. The number of esters is 1. The topological polar surface area (TPSA) is 38.3 Å². The molecular weight excluding hydrogens is 338 g/mol. The SMILES string of the molecule is CNCc1ccc(Br)cc1SCC1(CC(=O)OC)CC1. The zero-order valence-corrected chi connectivity index (χ0v) is 14.3. The highest BCUT2D eigenvalue weighted by Crippen LogP contribution is 2.52. The Balaban J connectivity index is 2.00. The van der Waals surface area contributed by atoms with Crippen LogP contribution >= 0.6 is 27.7 Å². The summed E-state index contributed by atoms with van der Waals surface area (Å²) >= 11 is 5.37. The molecule has 0 atom stereocenters. The van der Waals surface area contributed by atoms with E-state index in [1.807, 2.05) is 18.8 Å². The van der Waals surface area contributed by atoms with E-state index in [0.717, 1.165) is 29.6 Å². The van der Waals surface area contributed by atoms with E-state index in [4.69, 9.17) is 4.74 Å². The van der Waals surface area contributed by atoms with Gasteiger partial charge in [0, 0.05) is 21.7 Å². The molecule has 0 spiro atoms. The van der Waals surface area contributed by atoms with Gasteiger partial charge in [-0.25, -0.2) is 0 Å². The van der Waals surface area contributed by atoms with E-state index in [2.05, 4.69) is 39.4 Å². The van der Waals surface area contributed by atoms with Crippen LogP contribution < -0.4 is 5.32 Å². The minimum atomic E-state index is -0.0900. The maximum atomic E-state index is 11.5. The summed E-state index contributed by atoms with van der Waals surface area (Å²) in [6, 6.07) is 6.37. The third kappa shape index (κ3) is 4.24. The fourth-order valence-corrected chi connectivity index (χ4v) is 4.06. The number of carbonyl (C=O) groups is 1. The van der Waals surface area contributed by atoms with Crippen LogP contribution in [0.3, 0.4) is 0 Å². The number of thioether (sulfide) groups is 1. The largest absolute Gasteiger partial charge is 0.469 e. The van der Waals surface area contributed by atoms with Crippen molar-refractivity contribution in [2.45, 2.75) is 30.7 Å². The number of halogens is 1. The van der Waals surface area contributed by atoms with E-state index >= 15 is 0 Å². The summed E-state index contributed by atoms with van der Waals surface area (Å²) in [6.45, 7) is 0.861. The Labute approximate surface area is 133 Å². The Kier molecular flexibility index (Phi) is 5.52. The Bertz CT molecular complexity index is 489. The van der Waals surface area contributed by atoms with Crippen LogP contribution in [-0.4, -0.2) is 25.9 Å². The molecule has 0 amide bonds. The van der Waals surface area contributed by atoms with Gasteiger partial charge in [0.15, 0.2) is 0 Å². The summed E-state index contributed by atoms with van der Waals surface area (Å²) < 4.78 is 5.89. The molecule has 5 heteroatoms. The van der Waals surface area contributed by atoms with E-state index in [1.165, 1.54) is 17.6 Å². The van der Waals surface area contributed by atoms with Crippen molar-refractivity contribution in [1.82, 2.24) is 5.32 Å². The first-order valence-corrected chi connectivity index (χ1v) is 8.49. The van der Waals surface area contributed by atoms with Crippen molar-refractivity contribution in [2.75, 3.05) is 19.9 Å².